The summed E-state index contributed by atoms with van der Waals surface area (Å²) in [6, 6.07) is 21.3. The molecule has 2 amide bonds. The fraction of sp³-hybridized carbons (Fsp3) is 0.115. The van der Waals surface area contributed by atoms with E-state index in [0.717, 1.165) is 22.2 Å². The highest BCUT2D eigenvalue weighted by Crippen LogP contribution is 2.35. The van der Waals surface area contributed by atoms with Crippen molar-refractivity contribution in [2.45, 2.75) is 6.61 Å². The van der Waals surface area contributed by atoms with Crippen LogP contribution in [0.5, 0.6) is 11.5 Å². The fourth-order valence-electron chi connectivity index (χ4n) is 3.29. The summed E-state index contributed by atoms with van der Waals surface area (Å²) < 4.78 is 11.3. The van der Waals surface area contributed by atoms with E-state index in [9.17, 15) is 14.4 Å². The summed E-state index contributed by atoms with van der Waals surface area (Å²) in [7, 11) is 1.53. The van der Waals surface area contributed by atoms with Gasteiger partial charge in [0.15, 0.2) is 17.3 Å². The normalized spacial score (nSPS) is 14.5. The predicted molar refractivity (Wildman–Crippen MR) is 132 cm³/mol. The zero-order chi connectivity index (χ0) is 24.1. The molecule has 1 fully saturated rings. The molecule has 1 aliphatic rings. The number of halogens is 1. The van der Waals surface area contributed by atoms with Gasteiger partial charge in [-0.25, -0.2) is 0 Å². The van der Waals surface area contributed by atoms with E-state index in [2.05, 4.69) is 0 Å². The summed E-state index contributed by atoms with van der Waals surface area (Å²) in [5.41, 5.74) is 2.07. The van der Waals surface area contributed by atoms with Gasteiger partial charge >= 0.3 is 0 Å². The summed E-state index contributed by atoms with van der Waals surface area (Å²) in [5, 5.41) is 0.00547. The highest BCUT2D eigenvalue weighted by atomic mass is 35.5. The number of nitrogens with zero attached hydrogens (tertiary/aromatic N) is 1. The van der Waals surface area contributed by atoms with E-state index in [4.69, 9.17) is 21.1 Å². The Bertz CT molecular complexity index is 1260. The van der Waals surface area contributed by atoms with E-state index in [1.54, 1.807) is 48.5 Å². The van der Waals surface area contributed by atoms with Crippen LogP contribution in [0, 0.1) is 0 Å². The number of carbonyl (C=O) groups is 3. The van der Waals surface area contributed by atoms with Crippen molar-refractivity contribution in [3.63, 3.8) is 0 Å². The molecule has 3 aromatic rings. The van der Waals surface area contributed by atoms with Gasteiger partial charge in [0.2, 0.25) is 0 Å². The molecule has 0 atom stereocenters. The van der Waals surface area contributed by atoms with Crippen molar-refractivity contribution >= 4 is 46.4 Å². The van der Waals surface area contributed by atoms with Crippen LogP contribution >= 0.6 is 23.4 Å². The third-order valence-electron chi connectivity index (χ3n) is 5.06. The van der Waals surface area contributed by atoms with Crippen molar-refractivity contribution in [3.8, 4) is 11.5 Å². The van der Waals surface area contributed by atoms with Crippen molar-refractivity contribution in [1.82, 2.24) is 4.90 Å². The summed E-state index contributed by atoms with van der Waals surface area (Å²) in [4.78, 5) is 38.9. The number of amides is 2. The second-order valence-electron chi connectivity index (χ2n) is 7.38. The van der Waals surface area contributed by atoms with Gasteiger partial charge in [0, 0.05) is 10.6 Å². The van der Waals surface area contributed by atoms with Gasteiger partial charge in [-0.3, -0.25) is 19.3 Å². The Morgan fingerprint density at radius 1 is 1.00 bits per heavy atom. The molecule has 3 aromatic carbocycles. The first kappa shape index (κ1) is 23.6. The fourth-order valence-corrected chi connectivity index (χ4v) is 4.25. The average Bonchev–Trinajstić information content (AvgIpc) is 3.11. The van der Waals surface area contributed by atoms with Crippen molar-refractivity contribution in [2.24, 2.45) is 0 Å². The Morgan fingerprint density at radius 3 is 2.44 bits per heavy atom. The quantitative estimate of drug-likeness (QED) is 0.289. The first-order valence-electron chi connectivity index (χ1n) is 10.3. The number of carbonyl (C=O) groups excluding carboxylic acids is 3. The molecule has 1 saturated heterocycles. The number of hydrogen-bond acceptors (Lipinski definition) is 6. The van der Waals surface area contributed by atoms with Gasteiger partial charge in [0.1, 0.15) is 6.61 Å². The number of rotatable bonds is 8. The lowest BCUT2D eigenvalue weighted by Crippen LogP contribution is -2.33. The highest BCUT2D eigenvalue weighted by Gasteiger charge is 2.36. The molecule has 172 valence electrons. The van der Waals surface area contributed by atoms with Crippen LogP contribution in [0.4, 0.5) is 4.79 Å². The smallest absolute Gasteiger partial charge is 0.293 e. The van der Waals surface area contributed by atoms with E-state index >= 15 is 0 Å². The maximum absolute atomic E-state index is 12.8. The van der Waals surface area contributed by atoms with Crippen LogP contribution in [0.25, 0.3) is 6.08 Å². The Kier molecular flexibility index (Phi) is 7.35. The van der Waals surface area contributed by atoms with Crippen molar-refractivity contribution in [1.29, 1.82) is 0 Å². The number of ether oxygens (including phenoxy) is 2. The number of ketones is 1. The molecule has 8 heteroatoms. The Hall–Kier alpha value is -3.55. The minimum atomic E-state index is -0.513. The SMILES string of the molecule is COc1cc(/C=C2\SC(=O)N(CC(=O)c3ccc(Cl)cc3)C2=O)ccc1OCc1ccccc1. The Balaban J connectivity index is 1.46. The molecule has 6 nitrogen and oxygen atoms in total. The molecule has 1 aliphatic heterocycles. The number of hydrogen-bond donors (Lipinski definition) is 0. The van der Waals surface area contributed by atoms with Gasteiger partial charge in [0.05, 0.1) is 18.6 Å². The molecule has 0 aliphatic carbocycles. The van der Waals surface area contributed by atoms with Gasteiger partial charge in [-0.2, -0.15) is 0 Å². The van der Waals surface area contributed by atoms with Crippen LogP contribution in [0.3, 0.4) is 0 Å². The molecule has 0 N–H and O–H groups in total. The molecule has 34 heavy (non-hydrogen) atoms. The highest BCUT2D eigenvalue weighted by molar-refractivity contribution is 8.18. The van der Waals surface area contributed by atoms with E-state index in [1.807, 2.05) is 30.3 Å². The van der Waals surface area contributed by atoms with E-state index in [-0.39, 0.29) is 17.2 Å². The minimum Gasteiger partial charge on any atom is -0.493 e. The molecular formula is C26H20ClNO5S. The van der Waals surface area contributed by atoms with Crippen LogP contribution in [-0.2, 0) is 11.4 Å². The largest absolute Gasteiger partial charge is 0.493 e. The second-order valence-corrected chi connectivity index (χ2v) is 8.81. The number of benzene rings is 3. The van der Waals surface area contributed by atoms with Gasteiger partial charge in [-0.05, 0) is 65.4 Å². The molecule has 1 heterocycles. The lowest BCUT2D eigenvalue weighted by Gasteiger charge is -2.12. The summed E-state index contributed by atoms with van der Waals surface area (Å²) >= 11 is 6.64. The average molecular weight is 494 g/mol. The number of methoxy groups -OCH3 is 1. The number of imide groups is 1. The van der Waals surface area contributed by atoms with Crippen LogP contribution < -0.4 is 9.47 Å². The summed E-state index contributed by atoms with van der Waals surface area (Å²) in [6.07, 6.45) is 1.60. The lowest BCUT2D eigenvalue weighted by molar-refractivity contribution is -0.122. The van der Waals surface area contributed by atoms with Crippen LogP contribution in [-0.4, -0.2) is 35.5 Å². The van der Waals surface area contributed by atoms with Crippen molar-refractivity contribution in [3.05, 3.63) is 99.4 Å². The first-order chi connectivity index (χ1) is 16.4. The van der Waals surface area contributed by atoms with E-state index in [1.165, 1.54) is 7.11 Å². The van der Waals surface area contributed by atoms with Crippen molar-refractivity contribution in [2.75, 3.05) is 13.7 Å². The third-order valence-corrected chi connectivity index (χ3v) is 6.22. The van der Waals surface area contributed by atoms with E-state index < -0.39 is 11.1 Å². The molecule has 0 saturated carbocycles. The maximum Gasteiger partial charge on any atom is 0.293 e. The minimum absolute atomic E-state index is 0.230. The van der Waals surface area contributed by atoms with Crippen LogP contribution in [0.1, 0.15) is 21.5 Å². The predicted octanol–water partition coefficient (Wildman–Crippen LogP) is 5.85. The standard InChI is InChI=1S/C26H20ClNO5S/c1-32-23-13-18(7-12-22(23)33-16-17-5-3-2-4-6-17)14-24-25(30)28(26(31)34-24)15-21(29)19-8-10-20(27)11-9-19/h2-14H,15-16H2,1H3/b24-14-. The molecule has 0 radical (unpaired) electrons. The van der Waals surface area contributed by atoms with Crippen LogP contribution in [0.2, 0.25) is 5.02 Å². The first-order valence-corrected chi connectivity index (χ1v) is 11.5. The van der Waals surface area contributed by atoms with Gasteiger partial charge in [0.25, 0.3) is 11.1 Å². The number of thioether (sulfide) groups is 1. The molecule has 0 spiro atoms. The third kappa shape index (κ3) is 5.50. The maximum atomic E-state index is 12.8. The monoisotopic (exact) mass is 493 g/mol. The van der Waals surface area contributed by atoms with Gasteiger partial charge in [-0.15, -0.1) is 0 Å². The topological polar surface area (TPSA) is 72.9 Å². The molecule has 0 aromatic heterocycles. The summed E-state index contributed by atoms with van der Waals surface area (Å²) in [6.45, 7) is 0.0519. The van der Waals surface area contributed by atoms with E-state index in [0.29, 0.717) is 34.3 Å². The Labute approximate surface area is 206 Å². The van der Waals surface area contributed by atoms with Crippen LogP contribution in [0.15, 0.2) is 77.7 Å². The molecular weight excluding hydrogens is 474 g/mol. The number of Topliss-reactive ketones (excluding diaryl/α,β-unsaturated/α-hetero) is 1. The molecule has 0 unspecified atom stereocenters. The van der Waals surface area contributed by atoms with Crippen molar-refractivity contribution < 1.29 is 23.9 Å². The second kappa shape index (κ2) is 10.6. The zero-order valence-electron chi connectivity index (χ0n) is 18.2. The molecule has 4 rings (SSSR count). The Morgan fingerprint density at radius 2 is 1.74 bits per heavy atom. The summed E-state index contributed by atoms with van der Waals surface area (Å²) in [5.74, 6) is 0.203. The molecule has 0 bridgehead atoms. The lowest BCUT2D eigenvalue weighted by atomic mass is 10.1. The van der Waals surface area contributed by atoms with Gasteiger partial charge < -0.3 is 9.47 Å². The van der Waals surface area contributed by atoms with Gasteiger partial charge in [-0.1, -0.05) is 48.0 Å². The zero-order valence-corrected chi connectivity index (χ0v) is 19.8.